The number of H-pyrrole nitrogens is 1. The Labute approximate surface area is 127 Å². The van der Waals surface area contributed by atoms with Gasteiger partial charge in [0.15, 0.2) is 5.16 Å². The molecule has 3 N–H and O–H groups in total. The van der Waals surface area contributed by atoms with Crippen LogP contribution in [0.25, 0.3) is 11.0 Å². The molecule has 0 spiro atoms. The molecular weight excluding hydrogens is 280 g/mol. The highest BCUT2D eigenvalue weighted by molar-refractivity contribution is 7.99. The molecule has 106 valence electrons. The Kier molecular flexibility index (Phi) is 3.16. The van der Waals surface area contributed by atoms with E-state index in [1.165, 1.54) is 17.7 Å². The van der Waals surface area contributed by atoms with E-state index in [1.807, 2.05) is 24.3 Å². The van der Waals surface area contributed by atoms with Crippen molar-refractivity contribution in [3.63, 3.8) is 0 Å². The molecule has 1 aromatic carbocycles. The molecule has 4 nitrogen and oxygen atoms in total. The SMILES string of the molecule is NCc1cc2c(nc1Sc1nc3ccccc3[nH]1)CCC2. The van der Waals surface area contributed by atoms with Gasteiger partial charge in [0.1, 0.15) is 5.03 Å². The number of nitrogens with one attached hydrogen (secondary N) is 1. The van der Waals surface area contributed by atoms with Gasteiger partial charge in [0.2, 0.25) is 0 Å². The van der Waals surface area contributed by atoms with Crippen molar-refractivity contribution in [3.05, 3.63) is 47.2 Å². The summed E-state index contributed by atoms with van der Waals surface area (Å²) < 4.78 is 0. The van der Waals surface area contributed by atoms with Crippen LogP contribution in [0.15, 0.2) is 40.5 Å². The van der Waals surface area contributed by atoms with Gasteiger partial charge in [-0.1, -0.05) is 18.2 Å². The van der Waals surface area contributed by atoms with Crippen molar-refractivity contribution in [3.8, 4) is 0 Å². The standard InChI is InChI=1S/C16H16N4S/c17-9-11-8-10-4-3-7-12(10)18-15(11)21-16-19-13-5-1-2-6-14(13)20-16/h1-2,5-6,8H,3-4,7,9,17H2,(H,19,20). The van der Waals surface area contributed by atoms with E-state index < -0.39 is 0 Å². The van der Waals surface area contributed by atoms with Crippen molar-refractivity contribution in [1.29, 1.82) is 0 Å². The lowest BCUT2D eigenvalue weighted by atomic mass is 10.1. The molecule has 4 rings (SSSR count). The number of fused-ring (bicyclic) bond motifs is 2. The van der Waals surface area contributed by atoms with Crippen LogP contribution in [0, 0.1) is 0 Å². The normalized spacial score (nSPS) is 13.8. The number of hydrogen-bond acceptors (Lipinski definition) is 4. The summed E-state index contributed by atoms with van der Waals surface area (Å²) in [6, 6.07) is 10.3. The maximum absolute atomic E-state index is 5.89. The fraction of sp³-hybridized carbons (Fsp3) is 0.250. The zero-order valence-corrected chi connectivity index (χ0v) is 12.4. The zero-order valence-electron chi connectivity index (χ0n) is 11.6. The molecule has 0 amide bonds. The van der Waals surface area contributed by atoms with Gasteiger partial charge >= 0.3 is 0 Å². The Bertz CT molecular complexity index is 776. The van der Waals surface area contributed by atoms with Crippen molar-refractivity contribution in [1.82, 2.24) is 15.0 Å². The minimum atomic E-state index is 0.517. The minimum absolute atomic E-state index is 0.517. The summed E-state index contributed by atoms with van der Waals surface area (Å²) in [5, 5.41) is 1.86. The number of aryl methyl sites for hydroxylation is 2. The number of pyridine rings is 1. The van der Waals surface area contributed by atoms with Crippen molar-refractivity contribution in [2.75, 3.05) is 0 Å². The molecule has 21 heavy (non-hydrogen) atoms. The monoisotopic (exact) mass is 296 g/mol. The third-order valence-corrected chi connectivity index (χ3v) is 4.80. The summed E-state index contributed by atoms with van der Waals surface area (Å²) in [6.45, 7) is 0.517. The molecule has 0 aliphatic heterocycles. The Morgan fingerprint density at radius 1 is 1.19 bits per heavy atom. The number of imidazole rings is 1. The molecule has 5 heteroatoms. The molecule has 0 fully saturated rings. The molecule has 0 radical (unpaired) electrons. The smallest absolute Gasteiger partial charge is 0.172 e. The van der Waals surface area contributed by atoms with E-state index in [4.69, 9.17) is 10.7 Å². The van der Waals surface area contributed by atoms with Gasteiger partial charge in [-0.3, -0.25) is 0 Å². The molecule has 2 heterocycles. The summed E-state index contributed by atoms with van der Waals surface area (Å²) >= 11 is 1.57. The van der Waals surface area contributed by atoms with E-state index in [1.54, 1.807) is 11.8 Å². The Hall–Kier alpha value is -1.85. The van der Waals surface area contributed by atoms with Crippen LogP contribution in [0.1, 0.15) is 23.2 Å². The van der Waals surface area contributed by atoms with Gasteiger partial charge in [0.05, 0.1) is 11.0 Å². The second-order valence-electron chi connectivity index (χ2n) is 5.28. The van der Waals surface area contributed by atoms with E-state index in [-0.39, 0.29) is 0 Å². The molecule has 0 saturated heterocycles. The van der Waals surface area contributed by atoms with Gasteiger partial charge in [-0.15, -0.1) is 0 Å². The number of nitrogens with zero attached hydrogens (tertiary/aromatic N) is 2. The quantitative estimate of drug-likeness (QED) is 0.779. The van der Waals surface area contributed by atoms with Gasteiger partial charge in [-0.25, -0.2) is 9.97 Å². The predicted octanol–water partition coefficient (Wildman–Crippen LogP) is 3.06. The highest BCUT2D eigenvalue weighted by Gasteiger charge is 2.17. The number of aromatic nitrogens is 3. The van der Waals surface area contributed by atoms with Gasteiger partial charge < -0.3 is 10.7 Å². The highest BCUT2D eigenvalue weighted by Crippen LogP contribution is 2.32. The first-order valence-corrected chi connectivity index (χ1v) is 7.99. The lowest BCUT2D eigenvalue weighted by Crippen LogP contribution is -2.03. The summed E-state index contributed by atoms with van der Waals surface area (Å²) in [5.74, 6) is 0. The molecule has 0 atom stereocenters. The first kappa shape index (κ1) is 12.9. The summed E-state index contributed by atoms with van der Waals surface area (Å²) in [5.41, 5.74) is 11.6. The number of rotatable bonds is 3. The van der Waals surface area contributed by atoms with Crippen molar-refractivity contribution in [2.45, 2.75) is 36.0 Å². The Morgan fingerprint density at radius 2 is 2.10 bits per heavy atom. The molecular formula is C16H16N4S. The second-order valence-corrected chi connectivity index (χ2v) is 6.25. The van der Waals surface area contributed by atoms with Crippen molar-refractivity contribution in [2.24, 2.45) is 5.73 Å². The fourth-order valence-electron chi connectivity index (χ4n) is 2.80. The van der Waals surface area contributed by atoms with Crippen LogP contribution < -0.4 is 5.73 Å². The third kappa shape index (κ3) is 2.32. The van der Waals surface area contributed by atoms with Gasteiger partial charge in [-0.05, 0) is 54.3 Å². The molecule has 0 saturated carbocycles. The number of nitrogens with two attached hydrogens (primary N) is 1. The number of hydrogen-bond donors (Lipinski definition) is 2. The average Bonchev–Trinajstić information content (AvgIpc) is 3.11. The molecule has 1 aliphatic carbocycles. The minimum Gasteiger partial charge on any atom is -0.333 e. The van der Waals surface area contributed by atoms with Gasteiger partial charge in [0.25, 0.3) is 0 Å². The number of para-hydroxylation sites is 2. The largest absolute Gasteiger partial charge is 0.333 e. The van der Waals surface area contributed by atoms with E-state index >= 15 is 0 Å². The maximum atomic E-state index is 5.89. The van der Waals surface area contributed by atoms with E-state index in [0.29, 0.717) is 6.54 Å². The van der Waals surface area contributed by atoms with Crippen LogP contribution in [0.3, 0.4) is 0 Å². The maximum Gasteiger partial charge on any atom is 0.172 e. The molecule has 1 aliphatic rings. The molecule has 2 aromatic heterocycles. The lowest BCUT2D eigenvalue weighted by Gasteiger charge is -2.08. The van der Waals surface area contributed by atoms with Gasteiger partial charge in [-0.2, -0.15) is 0 Å². The first-order chi connectivity index (χ1) is 10.3. The average molecular weight is 296 g/mol. The zero-order chi connectivity index (χ0) is 14.2. The van der Waals surface area contributed by atoms with Crippen LogP contribution in [0.5, 0.6) is 0 Å². The van der Waals surface area contributed by atoms with E-state index in [2.05, 4.69) is 16.0 Å². The Balaban J connectivity index is 1.73. The van der Waals surface area contributed by atoms with Crippen molar-refractivity contribution >= 4 is 22.8 Å². The summed E-state index contributed by atoms with van der Waals surface area (Å²) in [6.07, 6.45) is 3.41. The van der Waals surface area contributed by atoms with Crippen LogP contribution in [-0.4, -0.2) is 15.0 Å². The highest BCUT2D eigenvalue weighted by atomic mass is 32.2. The summed E-state index contributed by atoms with van der Waals surface area (Å²) in [4.78, 5) is 12.8. The fourth-order valence-corrected chi connectivity index (χ4v) is 3.72. The topological polar surface area (TPSA) is 67.6 Å². The van der Waals surface area contributed by atoms with Crippen LogP contribution in [-0.2, 0) is 19.4 Å². The lowest BCUT2D eigenvalue weighted by molar-refractivity contribution is 0.882. The predicted molar refractivity (Wildman–Crippen MR) is 84.4 cm³/mol. The van der Waals surface area contributed by atoms with E-state index in [0.717, 1.165) is 39.6 Å². The first-order valence-electron chi connectivity index (χ1n) is 7.18. The molecule has 0 bridgehead atoms. The second kappa shape index (κ2) is 5.16. The number of aromatic amines is 1. The van der Waals surface area contributed by atoms with Crippen LogP contribution >= 0.6 is 11.8 Å². The molecule has 0 unspecified atom stereocenters. The van der Waals surface area contributed by atoms with Crippen LogP contribution in [0.4, 0.5) is 0 Å². The van der Waals surface area contributed by atoms with Gasteiger partial charge in [0, 0.05) is 12.2 Å². The van der Waals surface area contributed by atoms with Crippen LogP contribution in [0.2, 0.25) is 0 Å². The Morgan fingerprint density at radius 3 is 2.95 bits per heavy atom. The van der Waals surface area contributed by atoms with Crippen molar-refractivity contribution < 1.29 is 0 Å². The number of benzene rings is 1. The van der Waals surface area contributed by atoms with E-state index in [9.17, 15) is 0 Å². The third-order valence-electron chi connectivity index (χ3n) is 3.87. The molecule has 3 aromatic rings. The summed E-state index contributed by atoms with van der Waals surface area (Å²) in [7, 11) is 0.